The van der Waals surface area contributed by atoms with Gasteiger partial charge in [0.25, 0.3) is 0 Å². The van der Waals surface area contributed by atoms with Crippen LogP contribution < -0.4 is 0 Å². The minimum Gasteiger partial charge on any atom is -0.480 e. The van der Waals surface area contributed by atoms with E-state index >= 15 is 0 Å². The van der Waals surface area contributed by atoms with E-state index in [1.54, 1.807) is 24.3 Å². The smallest absolute Gasteiger partial charge is 0.317 e. The second kappa shape index (κ2) is 3.45. The molecule has 1 aliphatic rings. The molecule has 0 saturated heterocycles. The summed E-state index contributed by atoms with van der Waals surface area (Å²) in [5, 5.41) is 8.99. The Bertz CT molecular complexity index is 435. The van der Waals surface area contributed by atoms with Crippen LogP contribution in [0.3, 0.4) is 0 Å². The molecule has 1 saturated carbocycles. The van der Waals surface area contributed by atoms with Crippen LogP contribution in [0, 0.1) is 5.41 Å². The molecule has 0 radical (unpaired) electrons. The zero-order valence-corrected chi connectivity index (χ0v) is 9.45. The van der Waals surface area contributed by atoms with E-state index in [1.165, 1.54) is 0 Å². The van der Waals surface area contributed by atoms with Gasteiger partial charge in [0.1, 0.15) is 5.41 Å². The van der Waals surface area contributed by atoms with Gasteiger partial charge in [0.15, 0.2) is 5.78 Å². The standard InChI is InChI=1S/C11H9BrO3/c12-8-4-2-1-3-7(8)9(13)11(5-6-11)10(14)15/h1-4H,5-6H2,(H,14,15). The highest BCUT2D eigenvalue weighted by atomic mass is 79.9. The molecule has 0 aromatic heterocycles. The van der Waals surface area contributed by atoms with Crippen LogP contribution in [0.1, 0.15) is 23.2 Å². The molecule has 0 amide bonds. The predicted molar refractivity (Wildman–Crippen MR) is 57.8 cm³/mol. The number of carbonyl (C=O) groups is 2. The van der Waals surface area contributed by atoms with Crippen molar-refractivity contribution in [1.29, 1.82) is 0 Å². The van der Waals surface area contributed by atoms with Crippen LogP contribution in [0.2, 0.25) is 0 Å². The molecule has 0 aliphatic heterocycles. The number of ketones is 1. The number of Topliss-reactive ketones (excluding diaryl/α,β-unsaturated/α-hetero) is 1. The van der Waals surface area contributed by atoms with E-state index in [1.807, 2.05) is 0 Å². The first-order chi connectivity index (χ1) is 7.08. The van der Waals surface area contributed by atoms with Gasteiger partial charge in [-0.25, -0.2) is 0 Å². The summed E-state index contributed by atoms with van der Waals surface area (Å²) in [5.74, 6) is -1.30. The summed E-state index contributed by atoms with van der Waals surface area (Å²) >= 11 is 3.25. The third-order valence-corrected chi connectivity index (χ3v) is 3.40. The molecule has 15 heavy (non-hydrogen) atoms. The Morgan fingerprint density at radius 3 is 2.33 bits per heavy atom. The van der Waals surface area contributed by atoms with Gasteiger partial charge in [0, 0.05) is 10.0 Å². The fourth-order valence-corrected chi connectivity index (χ4v) is 2.03. The van der Waals surface area contributed by atoms with E-state index in [0.29, 0.717) is 22.9 Å². The van der Waals surface area contributed by atoms with Crippen LogP contribution in [0.25, 0.3) is 0 Å². The summed E-state index contributed by atoms with van der Waals surface area (Å²) in [7, 11) is 0. The van der Waals surface area contributed by atoms with Gasteiger partial charge in [-0.15, -0.1) is 0 Å². The van der Waals surface area contributed by atoms with Gasteiger partial charge in [-0.1, -0.05) is 34.1 Å². The Balaban J connectivity index is 2.38. The average Bonchev–Trinajstić information content (AvgIpc) is 2.98. The van der Waals surface area contributed by atoms with Crippen molar-refractivity contribution >= 4 is 27.7 Å². The van der Waals surface area contributed by atoms with Crippen LogP contribution in [-0.2, 0) is 4.79 Å². The van der Waals surface area contributed by atoms with Gasteiger partial charge in [0.05, 0.1) is 0 Å². The van der Waals surface area contributed by atoms with Crippen molar-refractivity contribution in [2.24, 2.45) is 5.41 Å². The molecule has 2 rings (SSSR count). The van der Waals surface area contributed by atoms with Crippen molar-refractivity contribution in [3.8, 4) is 0 Å². The van der Waals surface area contributed by atoms with E-state index in [-0.39, 0.29) is 5.78 Å². The highest BCUT2D eigenvalue weighted by Crippen LogP contribution is 2.49. The number of benzene rings is 1. The zero-order valence-electron chi connectivity index (χ0n) is 7.87. The minimum absolute atomic E-state index is 0.289. The predicted octanol–water partition coefficient (Wildman–Crippen LogP) is 2.50. The van der Waals surface area contributed by atoms with E-state index in [0.717, 1.165) is 0 Å². The highest BCUT2D eigenvalue weighted by Gasteiger charge is 2.57. The molecular formula is C11H9BrO3. The third-order valence-electron chi connectivity index (χ3n) is 2.71. The number of rotatable bonds is 3. The topological polar surface area (TPSA) is 54.4 Å². The highest BCUT2D eigenvalue weighted by molar-refractivity contribution is 9.10. The number of carbonyl (C=O) groups excluding carboxylic acids is 1. The molecule has 1 aliphatic carbocycles. The molecule has 1 fully saturated rings. The van der Waals surface area contributed by atoms with E-state index in [4.69, 9.17) is 5.11 Å². The number of halogens is 1. The van der Waals surface area contributed by atoms with Crippen LogP contribution in [0.15, 0.2) is 28.7 Å². The van der Waals surface area contributed by atoms with Crippen molar-refractivity contribution < 1.29 is 14.7 Å². The molecule has 4 heteroatoms. The lowest BCUT2D eigenvalue weighted by molar-refractivity contribution is -0.141. The molecule has 1 aromatic rings. The maximum absolute atomic E-state index is 12.0. The first-order valence-electron chi connectivity index (χ1n) is 4.61. The molecule has 0 atom stereocenters. The van der Waals surface area contributed by atoms with E-state index < -0.39 is 11.4 Å². The SMILES string of the molecule is O=C(O)C1(C(=O)c2ccccc2Br)CC1. The molecule has 1 N–H and O–H groups in total. The molecule has 0 unspecified atom stereocenters. The van der Waals surface area contributed by atoms with Crippen molar-refractivity contribution in [1.82, 2.24) is 0 Å². The van der Waals surface area contributed by atoms with E-state index in [9.17, 15) is 9.59 Å². The third kappa shape index (κ3) is 1.59. The zero-order chi connectivity index (χ0) is 11.1. The van der Waals surface area contributed by atoms with Crippen molar-refractivity contribution in [3.63, 3.8) is 0 Å². The van der Waals surface area contributed by atoms with Gasteiger partial charge in [-0.05, 0) is 18.9 Å². The first-order valence-corrected chi connectivity index (χ1v) is 5.40. The Labute approximate surface area is 95.2 Å². The van der Waals surface area contributed by atoms with Gasteiger partial charge >= 0.3 is 5.97 Å². The molecule has 0 heterocycles. The second-order valence-corrected chi connectivity index (χ2v) is 4.55. The first kappa shape index (κ1) is 10.4. The number of carboxylic acids is 1. The fraction of sp³-hybridized carbons (Fsp3) is 0.273. The molecule has 3 nitrogen and oxygen atoms in total. The van der Waals surface area contributed by atoms with Crippen LogP contribution in [0.4, 0.5) is 0 Å². The summed E-state index contributed by atoms with van der Waals surface area (Å²) in [4.78, 5) is 23.0. The van der Waals surface area contributed by atoms with Crippen LogP contribution >= 0.6 is 15.9 Å². The lowest BCUT2D eigenvalue weighted by Gasteiger charge is -2.09. The summed E-state index contributed by atoms with van der Waals surface area (Å²) in [6.45, 7) is 0. The molecular weight excluding hydrogens is 260 g/mol. The Morgan fingerprint density at radius 2 is 1.87 bits per heavy atom. The lowest BCUT2D eigenvalue weighted by atomic mass is 9.95. The second-order valence-electron chi connectivity index (χ2n) is 3.70. The minimum atomic E-state index is -1.15. The van der Waals surface area contributed by atoms with Gasteiger partial charge in [-0.2, -0.15) is 0 Å². The Kier molecular flexibility index (Phi) is 2.38. The summed E-state index contributed by atoms with van der Waals surface area (Å²) in [6, 6.07) is 6.91. The largest absolute Gasteiger partial charge is 0.480 e. The normalized spacial score (nSPS) is 17.1. The van der Waals surface area contributed by atoms with Crippen molar-refractivity contribution in [2.45, 2.75) is 12.8 Å². The number of hydrogen-bond donors (Lipinski definition) is 1. The maximum atomic E-state index is 12.0. The van der Waals surface area contributed by atoms with Crippen molar-refractivity contribution in [3.05, 3.63) is 34.3 Å². The molecule has 1 aromatic carbocycles. The summed E-state index contributed by atoms with van der Waals surface area (Å²) in [5.41, 5.74) is -0.693. The average molecular weight is 269 g/mol. The quantitative estimate of drug-likeness (QED) is 0.677. The lowest BCUT2D eigenvalue weighted by Crippen LogP contribution is -2.25. The van der Waals surface area contributed by atoms with Crippen molar-refractivity contribution in [2.75, 3.05) is 0 Å². The van der Waals surface area contributed by atoms with Gasteiger partial charge < -0.3 is 5.11 Å². The number of hydrogen-bond acceptors (Lipinski definition) is 2. The van der Waals surface area contributed by atoms with Crippen LogP contribution in [-0.4, -0.2) is 16.9 Å². The summed E-state index contributed by atoms with van der Waals surface area (Å²) in [6.07, 6.45) is 0.894. The fourth-order valence-electron chi connectivity index (χ4n) is 1.57. The maximum Gasteiger partial charge on any atom is 0.317 e. The molecule has 0 bridgehead atoms. The van der Waals surface area contributed by atoms with Gasteiger partial charge in [-0.3, -0.25) is 9.59 Å². The van der Waals surface area contributed by atoms with Gasteiger partial charge in [0.2, 0.25) is 0 Å². The Hall–Kier alpha value is -1.16. The molecule has 0 spiro atoms. The summed E-state index contributed by atoms with van der Waals surface area (Å²) < 4.78 is 0.655. The monoisotopic (exact) mass is 268 g/mol. The molecule has 78 valence electrons. The number of aliphatic carboxylic acids is 1. The number of carboxylic acid groups (broad SMARTS) is 1. The Morgan fingerprint density at radius 1 is 1.27 bits per heavy atom. The van der Waals surface area contributed by atoms with Crippen LogP contribution in [0.5, 0.6) is 0 Å². The van der Waals surface area contributed by atoms with E-state index in [2.05, 4.69) is 15.9 Å².